The van der Waals surface area contributed by atoms with E-state index in [1.165, 1.54) is 6.07 Å². The van der Waals surface area contributed by atoms with E-state index in [1.54, 1.807) is 21.9 Å². The maximum Gasteiger partial charge on any atom is 0.246 e. The van der Waals surface area contributed by atoms with E-state index in [1.807, 2.05) is 30.3 Å². The van der Waals surface area contributed by atoms with Gasteiger partial charge in [0.25, 0.3) is 0 Å². The second-order valence-electron chi connectivity index (χ2n) is 7.14. The number of para-hydroxylation sites is 1. The smallest absolute Gasteiger partial charge is 0.246 e. The molecule has 0 aromatic heterocycles. The number of anilines is 1. The number of rotatable bonds is 3. The fraction of sp³-hybridized carbons (Fsp3) is 0.300. The molecule has 1 fully saturated rings. The maximum absolute atomic E-state index is 13.2. The lowest BCUT2D eigenvalue weighted by Gasteiger charge is -2.33. The summed E-state index contributed by atoms with van der Waals surface area (Å²) in [6.07, 6.45) is 1.45. The minimum Gasteiger partial charge on any atom is -0.336 e. The highest BCUT2D eigenvalue weighted by atomic mass is 32.2. The molecular weight excluding hydrogens is 378 g/mol. The zero-order chi connectivity index (χ0) is 19.9. The van der Waals surface area contributed by atoms with Gasteiger partial charge in [-0.2, -0.15) is 0 Å². The highest BCUT2D eigenvalue weighted by Gasteiger charge is 2.39. The van der Waals surface area contributed by atoms with E-state index >= 15 is 0 Å². The van der Waals surface area contributed by atoms with Crippen molar-refractivity contribution in [3.8, 4) is 0 Å². The number of fused-ring (bicyclic) bond motifs is 1. The van der Waals surface area contributed by atoms with Crippen molar-refractivity contribution in [2.24, 2.45) is 5.14 Å². The minimum absolute atomic E-state index is 0.0440. The standard InChI is InChI=1S/C20H21N3O4S/c21-28(26,27)17-7-6-14-10-11-22(13-15(14)12-17)20(25)18-8-9-19(24)23(18)16-4-2-1-3-5-16/h1-7,12,18H,8-11,13H2,(H2,21,26,27). The molecule has 28 heavy (non-hydrogen) atoms. The molecule has 1 saturated heterocycles. The van der Waals surface area contributed by atoms with Crippen LogP contribution in [-0.2, 0) is 32.6 Å². The maximum atomic E-state index is 13.2. The van der Waals surface area contributed by atoms with Crippen LogP contribution in [0.1, 0.15) is 24.0 Å². The summed E-state index contributed by atoms with van der Waals surface area (Å²) in [5.41, 5.74) is 2.51. The molecular formula is C20H21N3O4S. The quantitative estimate of drug-likeness (QED) is 0.843. The van der Waals surface area contributed by atoms with Crippen LogP contribution < -0.4 is 10.0 Å². The number of carbonyl (C=O) groups is 2. The van der Waals surface area contributed by atoms with E-state index in [0.29, 0.717) is 32.4 Å². The number of sulfonamides is 1. The molecule has 2 aliphatic heterocycles. The van der Waals surface area contributed by atoms with Crippen molar-refractivity contribution in [2.75, 3.05) is 11.4 Å². The van der Waals surface area contributed by atoms with Crippen molar-refractivity contribution in [3.05, 3.63) is 59.7 Å². The summed E-state index contributed by atoms with van der Waals surface area (Å²) >= 11 is 0. The Hall–Kier alpha value is -2.71. The van der Waals surface area contributed by atoms with Crippen LogP contribution in [0.15, 0.2) is 53.4 Å². The Bertz CT molecular complexity index is 1040. The topological polar surface area (TPSA) is 101 Å². The molecule has 0 aliphatic carbocycles. The Labute approximate surface area is 163 Å². The van der Waals surface area contributed by atoms with Gasteiger partial charge in [-0.3, -0.25) is 14.5 Å². The molecule has 146 valence electrons. The SMILES string of the molecule is NS(=O)(=O)c1ccc2c(c1)CN(C(=O)C1CCC(=O)N1c1ccccc1)CC2. The average molecular weight is 399 g/mol. The van der Waals surface area contributed by atoms with Crippen molar-refractivity contribution in [1.29, 1.82) is 0 Å². The first-order chi connectivity index (χ1) is 13.3. The summed E-state index contributed by atoms with van der Waals surface area (Å²) in [5, 5.41) is 5.23. The summed E-state index contributed by atoms with van der Waals surface area (Å²) in [4.78, 5) is 28.9. The van der Waals surface area contributed by atoms with Gasteiger partial charge < -0.3 is 4.90 Å². The van der Waals surface area contributed by atoms with Crippen molar-refractivity contribution in [1.82, 2.24) is 4.90 Å². The first-order valence-electron chi connectivity index (χ1n) is 9.15. The molecule has 0 saturated carbocycles. The van der Waals surface area contributed by atoms with Crippen LogP contribution in [0, 0.1) is 0 Å². The summed E-state index contributed by atoms with van der Waals surface area (Å²) < 4.78 is 23.3. The molecule has 0 spiro atoms. The van der Waals surface area contributed by atoms with Gasteiger partial charge in [0.2, 0.25) is 21.8 Å². The minimum atomic E-state index is -3.80. The van der Waals surface area contributed by atoms with Crippen LogP contribution in [0.2, 0.25) is 0 Å². The monoisotopic (exact) mass is 399 g/mol. The molecule has 7 nitrogen and oxygen atoms in total. The second kappa shape index (κ2) is 7.03. The molecule has 0 bridgehead atoms. The van der Waals surface area contributed by atoms with E-state index in [2.05, 4.69) is 0 Å². The number of hydrogen-bond acceptors (Lipinski definition) is 4. The van der Waals surface area contributed by atoms with E-state index in [0.717, 1.165) is 16.8 Å². The van der Waals surface area contributed by atoms with Gasteiger partial charge in [0.05, 0.1) is 4.90 Å². The first kappa shape index (κ1) is 18.6. The molecule has 2 heterocycles. The molecule has 2 aliphatic rings. The molecule has 2 aromatic carbocycles. The average Bonchev–Trinajstić information content (AvgIpc) is 3.08. The predicted octanol–water partition coefficient (Wildman–Crippen LogP) is 1.41. The summed E-state index contributed by atoms with van der Waals surface area (Å²) in [7, 11) is -3.80. The molecule has 0 radical (unpaired) electrons. The Morgan fingerprint density at radius 2 is 1.79 bits per heavy atom. The van der Waals surface area contributed by atoms with Gasteiger partial charge in [-0.05, 0) is 48.2 Å². The van der Waals surface area contributed by atoms with E-state index in [-0.39, 0.29) is 16.7 Å². The summed E-state index contributed by atoms with van der Waals surface area (Å²) in [5.74, 6) is -0.167. The summed E-state index contributed by atoms with van der Waals surface area (Å²) in [6.45, 7) is 0.846. The highest BCUT2D eigenvalue weighted by Crippen LogP contribution is 2.29. The molecule has 2 N–H and O–H groups in total. The van der Waals surface area contributed by atoms with Gasteiger partial charge in [0.15, 0.2) is 0 Å². The normalized spacial score (nSPS) is 19.6. The lowest BCUT2D eigenvalue weighted by Crippen LogP contribution is -2.48. The lowest BCUT2D eigenvalue weighted by molar-refractivity contribution is -0.134. The van der Waals surface area contributed by atoms with Gasteiger partial charge in [-0.15, -0.1) is 0 Å². The van der Waals surface area contributed by atoms with Crippen LogP contribution in [0.3, 0.4) is 0 Å². The largest absolute Gasteiger partial charge is 0.336 e. The van der Waals surface area contributed by atoms with E-state index in [4.69, 9.17) is 5.14 Å². The van der Waals surface area contributed by atoms with Gasteiger partial charge in [0.1, 0.15) is 6.04 Å². The van der Waals surface area contributed by atoms with Crippen LogP contribution in [-0.4, -0.2) is 37.7 Å². The molecule has 1 unspecified atom stereocenters. The molecule has 2 amide bonds. The van der Waals surface area contributed by atoms with Gasteiger partial charge in [-0.25, -0.2) is 13.6 Å². The third-order valence-electron chi connectivity index (χ3n) is 5.36. The zero-order valence-corrected chi connectivity index (χ0v) is 16.1. The third-order valence-corrected chi connectivity index (χ3v) is 6.27. The Morgan fingerprint density at radius 1 is 1.04 bits per heavy atom. The highest BCUT2D eigenvalue weighted by molar-refractivity contribution is 7.89. The number of primary sulfonamides is 1. The van der Waals surface area contributed by atoms with Gasteiger partial charge >= 0.3 is 0 Å². The van der Waals surface area contributed by atoms with E-state index < -0.39 is 16.1 Å². The van der Waals surface area contributed by atoms with Crippen LogP contribution in [0.5, 0.6) is 0 Å². The van der Waals surface area contributed by atoms with E-state index in [9.17, 15) is 18.0 Å². The Kier molecular flexibility index (Phi) is 4.68. The number of amides is 2. The van der Waals surface area contributed by atoms with Crippen molar-refractivity contribution < 1.29 is 18.0 Å². The van der Waals surface area contributed by atoms with Crippen LogP contribution in [0.25, 0.3) is 0 Å². The number of carbonyl (C=O) groups excluding carboxylic acids is 2. The second-order valence-corrected chi connectivity index (χ2v) is 8.70. The zero-order valence-electron chi connectivity index (χ0n) is 15.2. The van der Waals surface area contributed by atoms with Gasteiger partial charge in [-0.1, -0.05) is 24.3 Å². The van der Waals surface area contributed by atoms with Gasteiger partial charge in [0, 0.05) is 25.2 Å². The van der Waals surface area contributed by atoms with Crippen LogP contribution >= 0.6 is 0 Å². The summed E-state index contributed by atoms with van der Waals surface area (Å²) in [6, 6.07) is 13.5. The molecule has 8 heteroatoms. The van der Waals surface area contributed by atoms with Crippen molar-refractivity contribution in [2.45, 2.75) is 36.7 Å². The third kappa shape index (κ3) is 3.41. The number of hydrogen-bond donors (Lipinski definition) is 1. The first-order valence-corrected chi connectivity index (χ1v) is 10.7. The molecule has 1 atom stereocenters. The fourth-order valence-corrected chi connectivity index (χ4v) is 4.50. The molecule has 2 aromatic rings. The van der Waals surface area contributed by atoms with Crippen molar-refractivity contribution >= 4 is 27.5 Å². The number of benzene rings is 2. The van der Waals surface area contributed by atoms with Crippen molar-refractivity contribution in [3.63, 3.8) is 0 Å². The Balaban J connectivity index is 1.58. The number of nitrogens with two attached hydrogens (primary N) is 1. The Morgan fingerprint density at radius 3 is 2.50 bits per heavy atom. The lowest BCUT2D eigenvalue weighted by atomic mass is 9.99. The molecule has 4 rings (SSSR count). The number of nitrogens with zero attached hydrogens (tertiary/aromatic N) is 2. The van der Waals surface area contributed by atoms with Crippen LogP contribution in [0.4, 0.5) is 5.69 Å². The fourth-order valence-electron chi connectivity index (χ4n) is 3.94. The predicted molar refractivity (Wildman–Crippen MR) is 104 cm³/mol.